The summed E-state index contributed by atoms with van der Waals surface area (Å²) in [7, 11) is 0. The maximum absolute atomic E-state index is 14.0. The molecule has 1 N–H and O–H groups in total. The predicted molar refractivity (Wildman–Crippen MR) is 67.6 cm³/mol. The Bertz CT molecular complexity index is 593. The molecule has 1 aliphatic rings. The van der Waals surface area contributed by atoms with Gasteiger partial charge in [0, 0.05) is 6.42 Å². The van der Waals surface area contributed by atoms with E-state index in [1.165, 1.54) is 24.4 Å². The molecule has 8 heteroatoms. The maximum Gasteiger partial charge on any atom is 0.168 e. The molecule has 3 rings (SSSR count). The predicted octanol–water partition coefficient (Wildman–Crippen LogP) is 1.17. The number of hydrogen-bond acceptors (Lipinski definition) is 6. The van der Waals surface area contributed by atoms with Crippen LogP contribution in [0.15, 0.2) is 17.7 Å². The Morgan fingerprint density at radius 3 is 3.05 bits per heavy atom. The van der Waals surface area contributed by atoms with Crippen LogP contribution in [0.2, 0.25) is 0 Å². The highest BCUT2D eigenvalue weighted by molar-refractivity contribution is 7.98. The van der Waals surface area contributed by atoms with E-state index in [2.05, 4.69) is 15.0 Å². The molecule has 6 nitrogen and oxygen atoms in total. The molecule has 1 fully saturated rings. The van der Waals surface area contributed by atoms with Gasteiger partial charge in [0.15, 0.2) is 11.9 Å². The number of aliphatic hydroxyl groups excluding tert-OH is 1. The molecule has 0 aliphatic carbocycles. The molecule has 0 unspecified atom stereocenters. The van der Waals surface area contributed by atoms with Crippen LogP contribution in [0.4, 0.5) is 4.39 Å². The van der Waals surface area contributed by atoms with Crippen LogP contribution in [0, 0.1) is 0 Å². The van der Waals surface area contributed by atoms with Crippen molar-refractivity contribution in [3.05, 3.63) is 12.7 Å². The third kappa shape index (κ3) is 2.09. The average Bonchev–Trinajstić information content (AvgIpc) is 3.01. The summed E-state index contributed by atoms with van der Waals surface area (Å²) in [5.74, 6) is 0. The first-order valence-electron chi connectivity index (χ1n) is 5.86. The fourth-order valence-corrected chi connectivity index (χ4v) is 2.72. The summed E-state index contributed by atoms with van der Waals surface area (Å²) in [6, 6.07) is 0. The third-order valence-electron chi connectivity index (χ3n) is 3.13. The molecular weight excluding hydrogens is 271 g/mol. The van der Waals surface area contributed by atoms with E-state index in [0.717, 1.165) is 5.03 Å². The zero-order valence-electron chi connectivity index (χ0n) is 10.2. The molecule has 1 saturated heterocycles. The largest absolute Gasteiger partial charge is 0.394 e. The van der Waals surface area contributed by atoms with Gasteiger partial charge in [-0.3, -0.25) is 4.57 Å². The number of ether oxygens (including phenoxy) is 1. The smallest absolute Gasteiger partial charge is 0.168 e. The Labute approximate surface area is 113 Å². The van der Waals surface area contributed by atoms with Gasteiger partial charge in [-0.1, -0.05) is 0 Å². The van der Waals surface area contributed by atoms with E-state index in [1.807, 2.05) is 6.26 Å². The van der Waals surface area contributed by atoms with Crippen LogP contribution >= 0.6 is 11.8 Å². The fourth-order valence-electron chi connectivity index (χ4n) is 2.23. The molecular formula is C11H13FN4O2S. The van der Waals surface area contributed by atoms with Gasteiger partial charge in [-0.05, 0) is 6.26 Å². The summed E-state index contributed by atoms with van der Waals surface area (Å²) >= 11 is 1.46. The van der Waals surface area contributed by atoms with Crippen molar-refractivity contribution in [2.24, 2.45) is 0 Å². The summed E-state index contributed by atoms with van der Waals surface area (Å²) in [4.78, 5) is 12.5. The number of aromatic nitrogens is 4. The molecule has 1 aliphatic heterocycles. The zero-order valence-corrected chi connectivity index (χ0v) is 11.0. The molecule has 0 spiro atoms. The summed E-state index contributed by atoms with van der Waals surface area (Å²) < 4.78 is 21.0. The van der Waals surface area contributed by atoms with E-state index in [1.54, 1.807) is 4.57 Å². The SMILES string of the molecule is CSc1ncnc2c1ncn2[C@@H]1O[C@H](CO)C[C@H]1F. The first-order chi connectivity index (χ1) is 9.24. The number of nitrogens with zero attached hydrogens (tertiary/aromatic N) is 4. The lowest BCUT2D eigenvalue weighted by atomic mass is 10.2. The van der Waals surface area contributed by atoms with E-state index < -0.39 is 18.5 Å². The molecule has 102 valence electrons. The van der Waals surface area contributed by atoms with Crippen LogP contribution in [0.1, 0.15) is 12.6 Å². The summed E-state index contributed by atoms with van der Waals surface area (Å²) in [6.45, 7) is -0.186. The van der Waals surface area contributed by atoms with Gasteiger partial charge in [0.2, 0.25) is 0 Å². The first-order valence-corrected chi connectivity index (χ1v) is 7.09. The van der Waals surface area contributed by atoms with Gasteiger partial charge >= 0.3 is 0 Å². The van der Waals surface area contributed by atoms with E-state index in [-0.39, 0.29) is 13.0 Å². The molecule has 2 aromatic heterocycles. The molecule has 0 aromatic carbocycles. The van der Waals surface area contributed by atoms with Crippen molar-refractivity contribution in [3.8, 4) is 0 Å². The normalized spacial score (nSPS) is 27.2. The van der Waals surface area contributed by atoms with Crippen LogP contribution in [-0.2, 0) is 4.74 Å². The Balaban J connectivity index is 2.02. The quantitative estimate of drug-likeness (QED) is 0.673. The van der Waals surface area contributed by atoms with Crippen LogP contribution in [0.25, 0.3) is 11.2 Å². The minimum absolute atomic E-state index is 0.182. The second-order valence-corrected chi connectivity index (χ2v) is 5.08. The topological polar surface area (TPSA) is 73.1 Å². The minimum atomic E-state index is -1.18. The Kier molecular flexibility index (Phi) is 3.38. The first kappa shape index (κ1) is 12.8. The van der Waals surface area contributed by atoms with Gasteiger partial charge in [-0.15, -0.1) is 11.8 Å². The van der Waals surface area contributed by atoms with Crippen molar-refractivity contribution in [1.29, 1.82) is 0 Å². The maximum atomic E-state index is 14.0. The van der Waals surface area contributed by atoms with E-state index >= 15 is 0 Å². The van der Waals surface area contributed by atoms with Crippen LogP contribution in [-0.4, -0.2) is 49.8 Å². The summed E-state index contributed by atoms with van der Waals surface area (Å²) in [6.07, 6.45) is 2.58. The summed E-state index contributed by atoms with van der Waals surface area (Å²) in [5, 5.41) is 9.80. The van der Waals surface area contributed by atoms with Gasteiger partial charge in [-0.2, -0.15) is 0 Å². The van der Waals surface area contributed by atoms with Crippen molar-refractivity contribution >= 4 is 22.9 Å². The number of alkyl halides is 1. The number of hydrogen-bond donors (Lipinski definition) is 1. The van der Waals surface area contributed by atoms with Crippen molar-refractivity contribution < 1.29 is 14.2 Å². The number of aliphatic hydroxyl groups is 1. The monoisotopic (exact) mass is 284 g/mol. The number of imidazole rings is 1. The molecule has 0 bridgehead atoms. The minimum Gasteiger partial charge on any atom is -0.394 e. The molecule has 3 heterocycles. The average molecular weight is 284 g/mol. The molecule has 0 saturated carbocycles. The van der Waals surface area contributed by atoms with Crippen molar-refractivity contribution in [3.63, 3.8) is 0 Å². The van der Waals surface area contributed by atoms with E-state index in [0.29, 0.717) is 11.2 Å². The number of fused-ring (bicyclic) bond motifs is 1. The van der Waals surface area contributed by atoms with Crippen molar-refractivity contribution in [2.45, 2.75) is 30.0 Å². The van der Waals surface area contributed by atoms with Crippen molar-refractivity contribution in [2.75, 3.05) is 12.9 Å². The molecule has 0 radical (unpaired) electrons. The van der Waals surface area contributed by atoms with Crippen LogP contribution < -0.4 is 0 Å². The highest BCUT2D eigenvalue weighted by atomic mass is 32.2. The van der Waals surface area contributed by atoms with Gasteiger partial charge in [-0.25, -0.2) is 19.3 Å². The summed E-state index contributed by atoms with van der Waals surface area (Å²) in [5.41, 5.74) is 1.18. The van der Waals surface area contributed by atoms with E-state index in [4.69, 9.17) is 9.84 Å². The lowest BCUT2D eigenvalue weighted by molar-refractivity contribution is -0.0351. The Hall–Kier alpha value is -1.25. The second-order valence-electron chi connectivity index (χ2n) is 4.29. The highest BCUT2D eigenvalue weighted by Gasteiger charge is 2.37. The van der Waals surface area contributed by atoms with Gasteiger partial charge in [0.1, 0.15) is 23.0 Å². The van der Waals surface area contributed by atoms with Crippen LogP contribution in [0.3, 0.4) is 0 Å². The second kappa shape index (κ2) is 5.03. The zero-order chi connectivity index (χ0) is 13.4. The number of thioether (sulfide) groups is 1. The van der Waals surface area contributed by atoms with Crippen LogP contribution in [0.5, 0.6) is 0 Å². The van der Waals surface area contributed by atoms with Gasteiger partial charge in [0.25, 0.3) is 0 Å². The Morgan fingerprint density at radius 1 is 1.53 bits per heavy atom. The fraction of sp³-hybridized carbons (Fsp3) is 0.545. The number of rotatable bonds is 3. The molecule has 3 atom stereocenters. The molecule has 19 heavy (non-hydrogen) atoms. The standard InChI is InChI=1S/C11H13FN4O2S/c1-19-10-8-9(13-4-14-10)16(5-15-8)11-7(12)2-6(3-17)18-11/h4-7,11,17H,2-3H2,1H3/t6-,7+,11+/m0/s1. The molecule has 0 amide bonds. The lowest BCUT2D eigenvalue weighted by Crippen LogP contribution is -2.16. The highest BCUT2D eigenvalue weighted by Crippen LogP contribution is 2.33. The van der Waals surface area contributed by atoms with Gasteiger partial charge < -0.3 is 9.84 Å². The third-order valence-corrected chi connectivity index (χ3v) is 3.81. The molecule has 2 aromatic rings. The van der Waals surface area contributed by atoms with E-state index in [9.17, 15) is 4.39 Å². The Morgan fingerprint density at radius 2 is 2.37 bits per heavy atom. The van der Waals surface area contributed by atoms with Gasteiger partial charge in [0.05, 0.1) is 19.0 Å². The number of halogens is 1. The van der Waals surface area contributed by atoms with Crippen molar-refractivity contribution in [1.82, 2.24) is 19.5 Å². The lowest BCUT2D eigenvalue weighted by Gasteiger charge is -2.15.